The minimum Gasteiger partial charge on any atom is -0.496 e. The number of carbonyl (C=O) groups is 2. The maximum atomic E-state index is 14.0. The first-order valence-electron chi connectivity index (χ1n) is 15.3. The summed E-state index contributed by atoms with van der Waals surface area (Å²) in [5, 5.41) is 0. The van der Waals surface area contributed by atoms with E-state index in [0.29, 0.717) is 67.2 Å². The van der Waals surface area contributed by atoms with E-state index in [9.17, 15) is 22.8 Å². The Balaban J connectivity index is 1.42. The van der Waals surface area contributed by atoms with Crippen molar-refractivity contribution in [3.63, 3.8) is 0 Å². The van der Waals surface area contributed by atoms with Crippen LogP contribution in [-0.2, 0) is 6.42 Å². The van der Waals surface area contributed by atoms with E-state index < -0.39 is 23.3 Å². The van der Waals surface area contributed by atoms with Crippen LogP contribution in [0.25, 0.3) is 11.3 Å². The van der Waals surface area contributed by atoms with E-state index in [0.717, 1.165) is 37.6 Å². The first-order chi connectivity index (χ1) is 21.5. The minimum atomic E-state index is -5.02. The highest BCUT2D eigenvalue weighted by atomic mass is 19.4. The van der Waals surface area contributed by atoms with Crippen molar-refractivity contribution in [3.8, 4) is 17.0 Å². The molecule has 5 rings (SSSR count). The van der Waals surface area contributed by atoms with Crippen molar-refractivity contribution in [2.45, 2.75) is 45.3 Å². The van der Waals surface area contributed by atoms with Crippen molar-refractivity contribution in [2.24, 2.45) is 5.92 Å². The zero-order valence-corrected chi connectivity index (χ0v) is 25.8. The highest BCUT2D eigenvalue weighted by Gasteiger charge is 2.40. The van der Waals surface area contributed by atoms with E-state index in [1.165, 1.54) is 6.07 Å². The Morgan fingerprint density at radius 2 is 1.69 bits per heavy atom. The minimum absolute atomic E-state index is 0.0611. The quantitative estimate of drug-likeness (QED) is 0.345. The number of piperidine rings is 1. The fraction of sp³-hybridized carbons (Fsp3) is 0.455. The van der Waals surface area contributed by atoms with Gasteiger partial charge in [-0.25, -0.2) is 9.97 Å². The molecule has 2 aromatic heterocycles. The Kier molecular flexibility index (Phi) is 9.62. The van der Waals surface area contributed by atoms with Gasteiger partial charge in [0.05, 0.1) is 23.9 Å². The number of benzene rings is 1. The molecular weight excluding hydrogens is 585 g/mol. The average Bonchev–Trinajstić information content (AvgIpc) is 3.03. The molecule has 2 saturated heterocycles. The lowest BCUT2D eigenvalue weighted by Gasteiger charge is -2.38. The van der Waals surface area contributed by atoms with E-state index in [4.69, 9.17) is 15.5 Å². The topological polar surface area (TPSA) is 105 Å². The second kappa shape index (κ2) is 13.4. The van der Waals surface area contributed by atoms with Gasteiger partial charge in [-0.1, -0.05) is 12.1 Å². The molecule has 0 saturated carbocycles. The van der Waals surface area contributed by atoms with E-state index in [1.807, 2.05) is 41.3 Å². The number of nitrogen functional groups attached to an aromatic ring is 1. The summed E-state index contributed by atoms with van der Waals surface area (Å²) in [6.45, 7) is 8.44. The van der Waals surface area contributed by atoms with Gasteiger partial charge in [-0.05, 0) is 75.4 Å². The largest absolute Gasteiger partial charge is 0.496 e. The predicted octanol–water partition coefficient (Wildman–Crippen LogP) is 5.10. The molecular formula is C33H39F3N6O3. The fourth-order valence-corrected chi connectivity index (χ4v) is 6.17. The van der Waals surface area contributed by atoms with E-state index >= 15 is 0 Å². The summed E-state index contributed by atoms with van der Waals surface area (Å²) in [6, 6.07) is 14.3. The Labute approximate surface area is 261 Å². The zero-order chi connectivity index (χ0) is 32.3. The second-order valence-electron chi connectivity index (χ2n) is 11.9. The molecule has 9 nitrogen and oxygen atoms in total. The molecule has 1 atom stereocenters. The summed E-state index contributed by atoms with van der Waals surface area (Å²) in [5.74, 6) is -1.16. The number of amides is 1. The number of para-hydroxylation sites is 1. The van der Waals surface area contributed by atoms with Crippen LogP contribution in [0, 0.1) is 5.92 Å². The SMILES string of the molecule is COc1ccccc1-c1ccc(C(=O)N2CCN(C(C)C)CC2)c(N2CCCC(Cc3ccc(C(=O)C(F)(F)F)c(N)n3)C2)n1. The maximum Gasteiger partial charge on any atom is 0.455 e. The highest BCUT2D eigenvalue weighted by Crippen LogP contribution is 2.34. The van der Waals surface area contributed by atoms with Gasteiger partial charge in [0, 0.05) is 56.6 Å². The summed E-state index contributed by atoms with van der Waals surface area (Å²) in [6.07, 6.45) is -2.89. The van der Waals surface area contributed by atoms with Crippen molar-refractivity contribution in [1.29, 1.82) is 0 Å². The zero-order valence-electron chi connectivity index (χ0n) is 25.8. The lowest BCUT2D eigenvalue weighted by Crippen LogP contribution is -2.51. The molecule has 0 spiro atoms. The molecule has 240 valence electrons. The third kappa shape index (κ3) is 7.22. The molecule has 12 heteroatoms. The molecule has 2 aliphatic rings. The van der Waals surface area contributed by atoms with E-state index in [-0.39, 0.29) is 11.8 Å². The number of carbonyl (C=O) groups excluding carboxylic acids is 2. The van der Waals surface area contributed by atoms with Crippen LogP contribution in [0.2, 0.25) is 0 Å². The number of halogens is 3. The van der Waals surface area contributed by atoms with Gasteiger partial charge < -0.3 is 20.3 Å². The average molecular weight is 625 g/mol. The summed E-state index contributed by atoms with van der Waals surface area (Å²) >= 11 is 0. The maximum absolute atomic E-state index is 14.0. The summed E-state index contributed by atoms with van der Waals surface area (Å²) in [4.78, 5) is 41.2. The smallest absolute Gasteiger partial charge is 0.455 e. The number of methoxy groups -OCH3 is 1. The Hall–Kier alpha value is -4.19. The molecule has 0 aliphatic carbocycles. The van der Waals surface area contributed by atoms with Crippen LogP contribution < -0.4 is 15.4 Å². The van der Waals surface area contributed by atoms with Crippen molar-refractivity contribution in [1.82, 2.24) is 19.8 Å². The van der Waals surface area contributed by atoms with E-state index in [1.54, 1.807) is 7.11 Å². The molecule has 1 amide bonds. The predicted molar refractivity (Wildman–Crippen MR) is 167 cm³/mol. The Morgan fingerprint density at radius 3 is 2.36 bits per heavy atom. The number of piperazine rings is 1. The molecule has 45 heavy (non-hydrogen) atoms. The third-order valence-corrected chi connectivity index (χ3v) is 8.62. The fourth-order valence-electron chi connectivity index (χ4n) is 6.17. The third-order valence-electron chi connectivity index (χ3n) is 8.62. The summed E-state index contributed by atoms with van der Waals surface area (Å²) in [5.41, 5.74) is 7.67. The van der Waals surface area contributed by atoms with Gasteiger partial charge in [0.2, 0.25) is 0 Å². The molecule has 0 radical (unpaired) electrons. The van der Waals surface area contributed by atoms with Crippen LogP contribution in [0.3, 0.4) is 0 Å². The van der Waals surface area contributed by atoms with Crippen molar-refractivity contribution in [3.05, 3.63) is 65.4 Å². The van der Waals surface area contributed by atoms with Gasteiger partial charge in [-0.2, -0.15) is 13.2 Å². The molecule has 2 N–H and O–H groups in total. The van der Waals surface area contributed by atoms with Crippen LogP contribution in [0.5, 0.6) is 5.75 Å². The normalized spacial score (nSPS) is 17.9. The van der Waals surface area contributed by atoms with Gasteiger partial charge in [-0.3, -0.25) is 14.5 Å². The molecule has 2 aliphatic heterocycles. The standard InChI is InChI=1S/C33H39F3N6O3/c1-21(2)40-15-17-41(18-16-40)32(44)26-12-13-27(24-8-4-5-9-28(24)45-3)39-31(26)42-14-6-7-22(20-42)19-23-10-11-25(30(37)38-23)29(43)33(34,35)36/h4-5,8-13,21-22H,6-7,14-20H2,1-3H3,(H2,37,38). The number of ether oxygens (including phenoxy) is 1. The summed E-state index contributed by atoms with van der Waals surface area (Å²) in [7, 11) is 1.61. The number of nitrogens with two attached hydrogens (primary N) is 1. The van der Waals surface area contributed by atoms with Crippen LogP contribution in [0.15, 0.2) is 48.5 Å². The number of aromatic nitrogens is 2. The molecule has 1 aromatic carbocycles. The molecule has 2 fully saturated rings. The molecule has 1 unspecified atom stereocenters. The van der Waals surface area contributed by atoms with Crippen molar-refractivity contribution < 1.29 is 27.5 Å². The number of alkyl halides is 3. The first-order valence-corrected chi connectivity index (χ1v) is 15.3. The van der Waals surface area contributed by atoms with Gasteiger partial charge in [-0.15, -0.1) is 0 Å². The Bertz CT molecular complexity index is 1540. The lowest BCUT2D eigenvalue weighted by molar-refractivity contribution is -0.0884. The Morgan fingerprint density at radius 1 is 0.978 bits per heavy atom. The van der Waals surface area contributed by atoms with Crippen molar-refractivity contribution >= 4 is 23.3 Å². The molecule has 4 heterocycles. The number of hydrogen-bond donors (Lipinski definition) is 1. The van der Waals surface area contributed by atoms with Crippen LogP contribution in [0.1, 0.15) is 53.1 Å². The number of rotatable bonds is 8. The van der Waals surface area contributed by atoms with Crippen LogP contribution in [-0.4, -0.2) is 90.1 Å². The lowest BCUT2D eigenvalue weighted by atomic mass is 9.92. The van der Waals surface area contributed by atoms with Crippen molar-refractivity contribution in [2.75, 3.05) is 57.0 Å². The first kappa shape index (κ1) is 32.2. The number of anilines is 2. The monoisotopic (exact) mass is 624 g/mol. The number of pyridine rings is 2. The van der Waals surface area contributed by atoms with E-state index in [2.05, 4.69) is 28.6 Å². The van der Waals surface area contributed by atoms with Crippen LogP contribution in [0.4, 0.5) is 24.8 Å². The number of ketones is 1. The highest BCUT2D eigenvalue weighted by molar-refractivity contribution is 6.03. The molecule has 3 aromatic rings. The van der Waals surface area contributed by atoms with Gasteiger partial charge in [0.25, 0.3) is 11.7 Å². The molecule has 0 bridgehead atoms. The van der Waals surface area contributed by atoms with Gasteiger partial charge in [0.15, 0.2) is 0 Å². The number of Topliss-reactive ketones (excluding diaryl/α,β-unsaturated/α-hetero) is 1. The second-order valence-corrected chi connectivity index (χ2v) is 11.9. The van der Waals surface area contributed by atoms with Gasteiger partial charge >= 0.3 is 6.18 Å². The van der Waals surface area contributed by atoms with Gasteiger partial charge in [0.1, 0.15) is 17.4 Å². The van der Waals surface area contributed by atoms with Crippen LogP contribution >= 0.6 is 0 Å². The number of nitrogens with zero attached hydrogens (tertiary/aromatic N) is 5. The summed E-state index contributed by atoms with van der Waals surface area (Å²) < 4.78 is 44.4. The number of hydrogen-bond acceptors (Lipinski definition) is 8.